The lowest BCUT2D eigenvalue weighted by Crippen LogP contribution is -2.39. The van der Waals surface area contributed by atoms with Crippen molar-refractivity contribution in [3.05, 3.63) is 89.7 Å². The molecule has 3 rings (SSSR count). The van der Waals surface area contributed by atoms with Crippen LogP contribution in [0.2, 0.25) is 0 Å². The molecule has 0 bridgehead atoms. The summed E-state index contributed by atoms with van der Waals surface area (Å²) in [6.45, 7) is 1.54. The summed E-state index contributed by atoms with van der Waals surface area (Å²) >= 11 is 0. The molecule has 3 aromatic rings. The molecule has 0 aliphatic heterocycles. The molecular weight excluding hydrogens is 461 g/mol. The number of benzene rings is 3. The minimum absolute atomic E-state index is 0.0745. The lowest BCUT2D eigenvalue weighted by molar-refractivity contribution is -0.121. The minimum Gasteiger partial charge on any atom is -0.504 e. The zero-order valence-electron chi connectivity index (χ0n) is 18.4. The molecule has 0 aliphatic carbocycles. The van der Waals surface area contributed by atoms with E-state index in [0.29, 0.717) is 17.7 Å². The smallest absolute Gasteiger partial charge is 0.255 e. The molecule has 1 amide bonds. The van der Waals surface area contributed by atoms with E-state index in [1.807, 2.05) is 0 Å². The van der Waals surface area contributed by atoms with Crippen LogP contribution in [0.15, 0.2) is 82.8 Å². The fourth-order valence-electron chi connectivity index (χ4n) is 3.05. The summed E-state index contributed by atoms with van der Waals surface area (Å²) in [6.07, 6.45) is 1.23. The maximum atomic E-state index is 13.3. The Kier molecular flexibility index (Phi) is 8.34. The highest BCUT2D eigenvalue weighted by molar-refractivity contribution is 7.89. The van der Waals surface area contributed by atoms with E-state index in [0.717, 1.165) is 28.6 Å². The number of carbonyl (C=O) groups excluding carboxylic acids is 1. The Morgan fingerprint density at radius 3 is 2.47 bits per heavy atom. The number of carbonyl (C=O) groups is 1. The average Bonchev–Trinajstić information content (AvgIpc) is 2.82. The summed E-state index contributed by atoms with van der Waals surface area (Å²) in [4.78, 5) is 12.4. The van der Waals surface area contributed by atoms with Gasteiger partial charge in [-0.15, -0.1) is 0 Å². The van der Waals surface area contributed by atoms with E-state index < -0.39 is 28.3 Å². The number of nitrogens with zero attached hydrogens (tertiary/aromatic N) is 2. The third-order valence-electron chi connectivity index (χ3n) is 4.70. The number of phenols is 1. The number of amides is 1. The Balaban J connectivity index is 1.77. The zero-order valence-corrected chi connectivity index (χ0v) is 19.2. The molecule has 0 radical (unpaired) electrons. The molecule has 3 aromatic carbocycles. The third kappa shape index (κ3) is 6.40. The van der Waals surface area contributed by atoms with Crippen LogP contribution in [0, 0.1) is 5.82 Å². The second kappa shape index (κ2) is 11.4. The summed E-state index contributed by atoms with van der Waals surface area (Å²) < 4.78 is 45.9. The summed E-state index contributed by atoms with van der Waals surface area (Å²) in [5.74, 6) is -1.13. The summed E-state index contributed by atoms with van der Waals surface area (Å²) in [5, 5.41) is 14.0. The van der Waals surface area contributed by atoms with Crippen molar-refractivity contribution in [3.8, 4) is 11.5 Å². The second-order valence-corrected chi connectivity index (χ2v) is 9.07. The predicted octanol–water partition coefficient (Wildman–Crippen LogP) is 3.27. The lowest BCUT2D eigenvalue weighted by atomic mass is 10.2. The number of ether oxygens (including phenoxy) is 1. The van der Waals surface area contributed by atoms with Gasteiger partial charge in [0.2, 0.25) is 10.0 Å². The molecule has 0 atom stereocenters. The van der Waals surface area contributed by atoms with E-state index in [1.54, 1.807) is 55.5 Å². The first-order chi connectivity index (χ1) is 16.3. The average molecular weight is 486 g/mol. The first-order valence-corrected chi connectivity index (χ1v) is 11.8. The maximum Gasteiger partial charge on any atom is 0.255 e. The molecule has 0 heterocycles. The van der Waals surface area contributed by atoms with Gasteiger partial charge in [-0.25, -0.2) is 18.2 Å². The van der Waals surface area contributed by atoms with Gasteiger partial charge in [-0.3, -0.25) is 4.79 Å². The first kappa shape index (κ1) is 24.9. The van der Waals surface area contributed by atoms with Crippen LogP contribution in [0.1, 0.15) is 18.1 Å². The Morgan fingerprint density at radius 1 is 1.09 bits per heavy atom. The quantitative estimate of drug-likeness (QED) is 0.339. The Morgan fingerprint density at radius 2 is 1.79 bits per heavy atom. The van der Waals surface area contributed by atoms with Gasteiger partial charge in [0.1, 0.15) is 5.82 Å². The van der Waals surface area contributed by atoms with E-state index in [9.17, 15) is 22.7 Å². The molecule has 0 saturated carbocycles. The maximum absolute atomic E-state index is 13.3. The number of phenolic OH excluding ortho intramolecular Hbond substituents is 1. The summed E-state index contributed by atoms with van der Waals surface area (Å²) in [7, 11) is -4.11. The molecule has 0 unspecified atom stereocenters. The number of nitrogens with one attached hydrogen (secondary N) is 1. The normalized spacial score (nSPS) is 11.6. The van der Waals surface area contributed by atoms with Crippen molar-refractivity contribution >= 4 is 22.1 Å². The lowest BCUT2D eigenvalue weighted by Gasteiger charge is -2.21. The molecule has 0 spiro atoms. The number of halogens is 1. The van der Waals surface area contributed by atoms with E-state index in [4.69, 9.17) is 4.74 Å². The van der Waals surface area contributed by atoms with Gasteiger partial charge in [0.05, 0.1) is 24.3 Å². The molecule has 2 N–H and O–H groups in total. The third-order valence-corrected chi connectivity index (χ3v) is 6.50. The monoisotopic (exact) mass is 485 g/mol. The Bertz CT molecular complexity index is 1250. The van der Waals surface area contributed by atoms with E-state index >= 15 is 0 Å². The first-order valence-electron chi connectivity index (χ1n) is 10.4. The van der Waals surface area contributed by atoms with Crippen molar-refractivity contribution in [3.63, 3.8) is 0 Å². The van der Waals surface area contributed by atoms with Crippen LogP contribution in [-0.2, 0) is 21.4 Å². The number of sulfonamides is 1. The van der Waals surface area contributed by atoms with Crippen molar-refractivity contribution < 1.29 is 27.4 Å². The number of rotatable bonds is 10. The van der Waals surface area contributed by atoms with Crippen molar-refractivity contribution in [1.82, 2.24) is 9.73 Å². The topological polar surface area (TPSA) is 108 Å². The van der Waals surface area contributed by atoms with Gasteiger partial charge in [-0.2, -0.15) is 9.41 Å². The molecule has 10 heteroatoms. The van der Waals surface area contributed by atoms with Gasteiger partial charge in [0, 0.05) is 12.1 Å². The van der Waals surface area contributed by atoms with E-state index in [-0.39, 0.29) is 22.9 Å². The van der Waals surface area contributed by atoms with Gasteiger partial charge >= 0.3 is 0 Å². The molecule has 178 valence electrons. The Labute approximate surface area is 197 Å². The standard InChI is InChI=1S/C24H24FN3O5S/c1-2-33-22-10-6-9-19(24(22)30)15-26-27-23(29)17-28(16-18-7-4-3-5-8-18)34(31,32)21-13-11-20(25)12-14-21/h3-15,30H,2,16-17H2,1H3,(H,27,29)/b26-15-. The number of para-hydroxylation sites is 1. The molecule has 34 heavy (non-hydrogen) atoms. The molecule has 0 fully saturated rings. The predicted molar refractivity (Wildman–Crippen MR) is 125 cm³/mol. The fraction of sp³-hybridized carbons (Fsp3) is 0.167. The van der Waals surface area contributed by atoms with Crippen molar-refractivity contribution in [2.24, 2.45) is 5.10 Å². The summed E-state index contributed by atoms with van der Waals surface area (Å²) in [6, 6.07) is 18.0. The van der Waals surface area contributed by atoms with E-state index in [1.165, 1.54) is 6.21 Å². The number of hydrogen-bond acceptors (Lipinski definition) is 6. The second-order valence-electron chi connectivity index (χ2n) is 7.13. The number of aromatic hydroxyl groups is 1. The van der Waals surface area contributed by atoms with Gasteiger partial charge in [0.15, 0.2) is 11.5 Å². The molecule has 0 saturated heterocycles. The van der Waals surface area contributed by atoms with Crippen LogP contribution in [-0.4, -0.2) is 43.1 Å². The zero-order chi connectivity index (χ0) is 24.6. The van der Waals surface area contributed by atoms with Gasteiger partial charge in [-0.05, 0) is 48.9 Å². The highest BCUT2D eigenvalue weighted by atomic mass is 32.2. The minimum atomic E-state index is -4.11. The van der Waals surface area contributed by atoms with Crippen LogP contribution in [0.5, 0.6) is 11.5 Å². The molecule has 0 aromatic heterocycles. The Hall–Kier alpha value is -3.76. The fourth-order valence-corrected chi connectivity index (χ4v) is 4.44. The van der Waals surface area contributed by atoms with E-state index in [2.05, 4.69) is 10.5 Å². The molecule has 0 aliphatic rings. The van der Waals surface area contributed by atoms with Gasteiger partial charge < -0.3 is 9.84 Å². The van der Waals surface area contributed by atoms with Crippen molar-refractivity contribution in [2.45, 2.75) is 18.4 Å². The highest BCUT2D eigenvalue weighted by Crippen LogP contribution is 2.28. The highest BCUT2D eigenvalue weighted by Gasteiger charge is 2.27. The van der Waals surface area contributed by atoms with Gasteiger partial charge in [0.25, 0.3) is 5.91 Å². The van der Waals surface area contributed by atoms with Crippen LogP contribution in [0.25, 0.3) is 0 Å². The molecular formula is C24H24FN3O5S. The number of hydrogen-bond donors (Lipinski definition) is 2. The summed E-state index contributed by atoms with van der Waals surface area (Å²) in [5.41, 5.74) is 3.25. The van der Waals surface area contributed by atoms with Crippen LogP contribution in [0.4, 0.5) is 4.39 Å². The molecule has 8 nitrogen and oxygen atoms in total. The van der Waals surface area contributed by atoms with Crippen LogP contribution < -0.4 is 10.2 Å². The SMILES string of the molecule is CCOc1cccc(/C=N\NC(=O)CN(Cc2ccccc2)S(=O)(=O)c2ccc(F)cc2)c1O. The number of hydrazone groups is 1. The van der Waals surface area contributed by atoms with Crippen LogP contribution in [0.3, 0.4) is 0 Å². The van der Waals surface area contributed by atoms with Gasteiger partial charge in [-0.1, -0.05) is 36.4 Å². The van der Waals surface area contributed by atoms with Crippen LogP contribution >= 0.6 is 0 Å². The largest absolute Gasteiger partial charge is 0.504 e. The van der Waals surface area contributed by atoms with Crippen molar-refractivity contribution in [2.75, 3.05) is 13.2 Å². The van der Waals surface area contributed by atoms with Crippen molar-refractivity contribution in [1.29, 1.82) is 0 Å².